The van der Waals surface area contributed by atoms with Crippen molar-refractivity contribution in [3.63, 3.8) is 0 Å². The molecular weight excluding hydrogens is 510 g/mol. The Balaban J connectivity index is 1.46. The third-order valence-corrected chi connectivity index (χ3v) is 8.12. The van der Waals surface area contributed by atoms with E-state index >= 15 is 0 Å². The standard InChI is InChI=1S/C39H23N3/c40-24-25-11-13-27(14-12-25)37-32-10-4-3-6-26(32)17-19-33(37)34-22-30-7-1-2-8-31(30)23-35(34)36-20-18-29-16-15-28-9-5-21-41-38(28)39(29)42-36/h1-23H. The summed E-state index contributed by atoms with van der Waals surface area (Å²) in [5.41, 5.74) is 8.86. The summed E-state index contributed by atoms with van der Waals surface area (Å²) in [4.78, 5) is 9.95. The van der Waals surface area contributed by atoms with Crippen molar-refractivity contribution in [1.82, 2.24) is 9.97 Å². The minimum Gasteiger partial charge on any atom is -0.254 e. The molecule has 8 aromatic rings. The highest BCUT2D eigenvalue weighted by Crippen LogP contribution is 2.43. The van der Waals surface area contributed by atoms with Gasteiger partial charge in [-0.3, -0.25) is 4.98 Å². The van der Waals surface area contributed by atoms with Gasteiger partial charge >= 0.3 is 0 Å². The molecule has 0 bridgehead atoms. The van der Waals surface area contributed by atoms with Crippen LogP contribution in [0.4, 0.5) is 0 Å². The van der Waals surface area contributed by atoms with E-state index in [0.717, 1.165) is 60.7 Å². The quantitative estimate of drug-likeness (QED) is 0.212. The first kappa shape index (κ1) is 24.0. The summed E-state index contributed by atoms with van der Waals surface area (Å²) in [5.74, 6) is 0. The van der Waals surface area contributed by atoms with Gasteiger partial charge in [0.1, 0.15) is 0 Å². The molecule has 0 amide bonds. The molecule has 2 aromatic heterocycles. The first-order chi connectivity index (χ1) is 20.8. The Morgan fingerprint density at radius 1 is 0.500 bits per heavy atom. The molecule has 2 heterocycles. The summed E-state index contributed by atoms with van der Waals surface area (Å²) in [7, 11) is 0. The van der Waals surface area contributed by atoms with E-state index in [1.54, 1.807) is 0 Å². The number of fused-ring (bicyclic) bond motifs is 5. The molecule has 194 valence electrons. The van der Waals surface area contributed by atoms with Crippen LogP contribution in [0.3, 0.4) is 0 Å². The molecule has 3 heteroatoms. The number of hydrogen-bond donors (Lipinski definition) is 0. The summed E-state index contributed by atoms with van der Waals surface area (Å²) >= 11 is 0. The van der Waals surface area contributed by atoms with Crippen LogP contribution in [0.1, 0.15) is 5.56 Å². The van der Waals surface area contributed by atoms with Gasteiger partial charge in [-0.1, -0.05) is 97.1 Å². The van der Waals surface area contributed by atoms with E-state index in [4.69, 9.17) is 9.97 Å². The molecule has 0 saturated heterocycles. The maximum Gasteiger partial charge on any atom is 0.0991 e. The molecule has 0 aliphatic carbocycles. The minimum atomic E-state index is 0.646. The molecule has 0 aliphatic rings. The van der Waals surface area contributed by atoms with Gasteiger partial charge in [0, 0.05) is 22.5 Å². The number of hydrogen-bond acceptors (Lipinski definition) is 3. The number of pyridine rings is 2. The zero-order valence-corrected chi connectivity index (χ0v) is 22.6. The lowest BCUT2D eigenvalue weighted by molar-refractivity contribution is 1.37. The van der Waals surface area contributed by atoms with Crippen LogP contribution in [0.25, 0.3) is 76.9 Å². The lowest BCUT2D eigenvalue weighted by Crippen LogP contribution is -1.94. The normalized spacial score (nSPS) is 11.3. The fourth-order valence-electron chi connectivity index (χ4n) is 6.07. The Hall–Kier alpha value is -5.85. The number of aromatic nitrogens is 2. The van der Waals surface area contributed by atoms with E-state index in [2.05, 4.69) is 121 Å². The van der Waals surface area contributed by atoms with Gasteiger partial charge in [-0.25, -0.2) is 4.98 Å². The highest BCUT2D eigenvalue weighted by molar-refractivity contribution is 6.09. The lowest BCUT2D eigenvalue weighted by atomic mass is 9.86. The number of nitriles is 1. The number of nitrogens with zero attached hydrogens (tertiary/aromatic N) is 3. The van der Waals surface area contributed by atoms with Gasteiger partial charge in [-0.05, 0) is 80.2 Å². The smallest absolute Gasteiger partial charge is 0.0991 e. The van der Waals surface area contributed by atoms with Crippen molar-refractivity contribution in [2.24, 2.45) is 0 Å². The summed E-state index contributed by atoms with van der Waals surface area (Å²) in [6.45, 7) is 0. The van der Waals surface area contributed by atoms with Crippen molar-refractivity contribution >= 4 is 43.4 Å². The van der Waals surface area contributed by atoms with E-state index in [9.17, 15) is 5.26 Å². The second-order valence-corrected chi connectivity index (χ2v) is 10.6. The molecule has 6 aromatic carbocycles. The molecule has 42 heavy (non-hydrogen) atoms. The zero-order valence-electron chi connectivity index (χ0n) is 22.6. The fourth-order valence-corrected chi connectivity index (χ4v) is 6.07. The highest BCUT2D eigenvalue weighted by atomic mass is 14.8. The van der Waals surface area contributed by atoms with Gasteiger partial charge < -0.3 is 0 Å². The molecule has 0 fully saturated rings. The van der Waals surface area contributed by atoms with Crippen LogP contribution in [-0.4, -0.2) is 9.97 Å². The van der Waals surface area contributed by atoms with E-state index in [1.807, 2.05) is 24.4 Å². The largest absolute Gasteiger partial charge is 0.254 e. The van der Waals surface area contributed by atoms with Crippen LogP contribution in [0.2, 0.25) is 0 Å². The van der Waals surface area contributed by atoms with Crippen LogP contribution in [0.5, 0.6) is 0 Å². The van der Waals surface area contributed by atoms with Gasteiger partial charge in [0.25, 0.3) is 0 Å². The predicted molar refractivity (Wildman–Crippen MR) is 173 cm³/mol. The molecule has 0 aliphatic heterocycles. The van der Waals surface area contributed by atoms with Gasteiger partial charge in [-0.15, -0.1) is 0 Å². The molecule has 0 atom stereocenters. The third kappa shape index (κ3) is 3.90. The van der Waals surface area contributed by atoms with Crippen LogP contribution < -0.4 is 0 Å². The SMILES string of the molecule is N#Cc1ccc(-c2c(-c3cc4ccccc4cc3-c3ccc4ccc5cccnc5c4n3)ccc3ccccc23)cc1. The Morgan fingerprint density at radius 2 is 1.14 bits per heavy atom. The molecule has 0 spiro atoms. The molecule has 0 radical (unpaired) electrons. The van der Waals surface area contributed by atoms with E-state index in [1.165, 1.54) is 16.2 Å². The molecule has 0 unspecified atom stereocenters. The molecular formula is C39H23N3. The summed E-state index contributed by atoms with van der Waals surface area (Å²) < 4.78 is 0. The highest BCUT2D eigenvalue weighted by Gasteiger charge is 2.18. The van der Waals surface area contributed by atoms with Gasteiger partial charge in [0.2, 0.25) is 0 Å². The summed E-state index contributed by atoms with van der Waals surface area (Å²) in [6.07, 6.45) is 1.83. The van der Waals surface area contributed by atoms with E-state index in [-0.39, 0.29) is 0 Å². The van der Waals surface area contributed by atoms with Gasteiger partial charge in [0.05, 0.1) is 28.4 Å². The minimum absolute atomic E-state index is 0.646. The van der Waals surface area contributed by atoms with Crippen LogP contribution in [0, 0.1) is 11.3 Å². The Morgan fingerprint density at radius 3 is 1.93 bits per heavy atom. The maximum atomic E-state index is 9.45. The first-order valence-electron chi connectivity index (χ1n) is 14.0. The van der Waals surface area contributed by atoms with Crippen LogP contribution >= 0.6 is 0 Å². The zero-order chi connectivity index (χ0) is 28.0. The van der Waals surface area contributed by atoms with Crippen LogP contribution in [0.15, 0.2) is 140 Å². The van der Waals surface area contributed by atoms with E-state index in [0.29, 0.717) is 5.56 Å². The monoisotopic (exact) mass is 533 g/mol. The van der Waals surface area contributed by atoms with Crippen molar-refractivity contribution in [3.8, 4) is 39.6 Å². The van der Waals surface area contributed by atoms with Crippen molar-refractivity contribution in [3.05, 3.63) is 145 Å². The number of benzene rings is 6. The van der Waals surface area contributed by atoms with Crippen molar-refractivity contribution < 1.29 is 0 Å². The van der Waals surface area contributed by atoms with Crippen molar-refractivity contribution in [2.45, 2.75) is 0 Å². The first-order valence-corrected chi connectivity index (χ1v) is 14.0. The molecule has 0 saturated carbocycles. The maximum absolute atomic E-state index is 9.45. The predicted octanol–water partition coefficient (Wildman–Crippen LogP) is 9.96. The molecule has 8 rings (SSSR count). The van der Waals surface area contributed by atoms with Gasteiger partial charge in [-0.2, -0.15) is 5.26 Å². The van der Waals surface area contributed by atoms with Crippen molar-refractivity contribution in [2.75, 3.05) is 0 Å². The summed E-state index contributed by atoms with van der Waals surface area (Å²) in [5, 5.41) is 16.3. The fraction of sp³-hybridized carbons (Fsp3) is 0. The Kier molecular flexibility index (Phi) is 5.52. The third-order valence-electron chi connectivity index (χ3n) is 8.12. The molecule has 3 nitrogen and oxygen atoms in total. The van der Waals surface area contributed by atoms with Gasteiger partial charge in [0.15, 0.2) is 0 Å². The van der Waals surface area contributed by atoms with Crippen molar-refractivity contribution in [1.29, 1.82) is 5.26 Å². The summed E-state index contributed by atoms with van der Waals surface area (Å²) in [6, 6.07) is 48.6. The van der Waals surface area contributed by atoms with Crippen LogP contribution in [-0.2, 0) is 0 Å². The lowest BCUT2D eigenvalue weighted by Gasteiger charge is -2.18. The topological polar surface area (TPSA) is 49.6 Å². The van der Waals surface area contributed by atoms with E-state index < -0.39 is 0 Å². The second kappa shape index (κ2) is 9.66. The number of rotatable bonds is 3. The Labute approximate surface area is 243 Å². The second-order valence-electron chi connectivity index (χ2n) is 10.6. The average molecular weight is 534 g/mol. The average Bonchev–Trinajstić information content (AvgIpc) is 3.07. The Bertz CT molecular complexity index is 2360. The molecule has 0 N–H and O–H groups in total.